The summed E-state index contributed by atoms with van der Waals surface area (Å²) in [6.45, 7) is 0.591. The Morgan fingerprint density at radius 3 is 2.49 bits per heavy atom. The summed E-state index contributed by atoms with van der Waals surface area (Å²) in [5.41, 5.74) is 1.29. The number of carbonyl (C=O) groups is 4. The molecule has 0 radical (unpaired) electrons. The van der Waals surface area contributed by atoms with Gasteiger partial charge in [0.25, 0.3) is 5.91 Å². The summed E-state index contributed by atoms with van der Waals surface area (Å²) in [7, 11) is 0. The topological polar surface area (TPSA) is 90.0 Å². The number of amides is 1. The summed E-state index contributed by atoms with van der Waals surface area (Å²) in [5.74, 6) is -1.44. The van der Waals surface area contributed by atoms with Crippen LogP contribution < -0.4 is 0 Å². The number of allylic oxidation sites excluding steroid dienone is 2. The molecule has 41 heavy (non-hydrogen) atoms. The molecule has 1 aromatic carbocycles. The van der Waals surface area contributed by atoms with Crippen LogP contribution in [0.3, 0.4) is 0 Å². The Bertz CT molecular complexity index is 1040. The monoisotopic (exact) mass is 565 g/mol. The van der Waals surface area contributed by atoms with Gasteiger partial charge in [0.1, 0.15) is 17.9 Å². The predicted molar refractivity (Wildman–Crippen MR) is 157 cm³/mol. The minimum atomic E-state index is -0.727. The summed E-state index contributed by atoms with van der Waals surface area (Å²) >= 11 is 0. The highest BCUT2D eigenvalue weighted by Crippen LogP contribution is 2.26. The van der Waals surface area contributed by atoms with Crippen LogP contribution in [-0.2, 0) is 35.1 Å². The highest BCUT2D eigenvalue weighted by Gasteiger charge is 2.40. The van der Waals surface area contributed by atoms with Gasteiger partial charge in [0.15, 0.2) is 0 Å². The first-order valence-corrected chi connectivity index (χ1v) is 15.9. The van der Waals surface area contributed by atoms with Gasteiger partial charge in [0.05, 0.1) is 12.7 Å². The SMILES string of the molecule is O=C1CCCCOC(=O)C2CCCCN2C(=O)C(=O)C2CCCC(CCCC/C=C/C1CCCc1ccccc1)O2. The van der Waals surface area contributed by atoms with Crippen LogP contribution in [0.15, 0.2) is 42.5 Å². The van der Waals surface area contributed by atoms with Gasteiger partial charge in [-0.1, -0.05) is 48.9 Å². The van der Waals surface area contributed by atoms with E-state index < -0.39 is 29.8 Å². The molecule has 2 bridgehead atoms. The fraction of sp³-hybridized carbons (Fsp3) is 0.647. The van der Waals surface area contributed by atoms with Crippen LogP contribution in [0, 0.1) is 5.92 Å². The van der Waals surface area contributed by atoms with E-state index in [4.69, 9.17) is 9.47 Å². The maximum atomic E-state index is 13.2. The number of ether oxygens (including phenoxy) is 2. The second-order valence-corrected chi connectivity index (χ2v) is 11.8. The number of fused-ring (bicyclic) bond motifs is 3. The summed E-state index contributed by atoms with van der Waals surface area (Å²) in [6.07, 6.45) is 16.0. The van der Waals surface area contributed by atoms with Gasteiger partial charge in [-0.05, 0) is 95.5 Å². The minimum Gasteiger partial charge on any atom is -0.464 e. The van der Waals surface area contributed by atoms with Gasteiger partial charge in [-0.2, -0.15) is 0 Å². The van der Waals surface area contributed by atoms with Crippen molar-refractivity contribution in [1.29, 1.82) is 0 Å². The average Bonchev–Trinajstić information content (AvgIpc) is 3.01. The van der Waals surface area contributed by atoms with Crippen LogP contribution in [0.2, 0.25) is 0 Å². The second kappa shape index (κ2) is 16.6. The Morgan fingerprint density at radius 1 is 0.829 bits per heavy atom. The molecule has 7 heteroatoms. The van der Waals surface area contributed by atoms with Crippen molar-refractivity contribution in [2.24, 2.45) is 5.92 Å². The lowest BCUT2D eigenvalue weighted by Gasteiger charge is -2.35. The molecule has 4 rings (SSSR count). The van der Waals surface area contributed by atoms with E-state index in [1.807, 2.05) is 6.07 Å². The number of ketones is 2. The molecule has 0 aliphatic carbocycles. The van der Waals surface area contributed by atoms with Gasteiger partial charge in [0.2, 0.25) is 5.78 Å². The molecule has 0 spiro atoms. The van der Waals surface area contributed by atoms with E-state index in [1.165, 1.54) is 10.5 Å². The first-order valence-electron chi connectivity index (χ1n) is 15.9. The number of esters is 1. The molecular formula is C34H47NO6. The fourth-order valence-corrected chi connectivity index (χ4v) is 6.29. The molecule has 0 saturated carbocycles. The lowest BCUT2D eigenvalue weighted by Crippen LogP contribution is -2.53. The van der Waals surface area contributed by atoms with Gasteiger partial charge in [-0.15, -0.1) is 0 Å². The normalized spacial score (nSPS) is 28.7. The van der Waals surface area contributed by atoms with E-state index in [0.717, 1.165) is 70.6 Å². The Hall–Kier alpha value is -2.80. The van der Waals surface area contributed by atoms with Crippen molar-refractivity contribution in [1.82, 2.24) is 4.90 Å². The van der Waals surface area contributed by atoms with E-state index in [2.05, 4.69) is 36.4 Å². The third kappa shape index (κ3) is 9.63. The van der Waals surface area contributed by atoms with Crippen molar-refractivity contribution >= 4 is 23.4 Å². The summed E-state index contributed by atoms with van der Waals surface area (Å²) in [5, 5.41) is 0. The molecule has 4 atom stereocenters. The third-order valence-corrected chi connectivity index (χ3v) is 8.70. The van der Waals surface area contributed by atoms with Crippen molar-refractivity contribution in [2.45, 2.75) is 121 Å². The first-order chi connectivity index (χ1) is 20.0. The standard InChI is InChI=1S/C34H47NO6/c36-30-22-9-11-25-40-34(39)29-21-8-10-24-35(29)33(38)32(37)31-23-13-20-28(41-31)19-7-2-1-6-17-27(30)18-12-16-26-14-4-3-5-15-26/h3-6,14-15,17,27-29,31H,1-2,7-13,16,18-25H2/b17-6+. The van der Waals surface area contributed by atoms with Crippen molar-refractivity contribution in [3.63, 3.8) is 0 Å². The molecule has 0 aromatic heterocycles. The maximum Gasteiger partial charge on any atom is 0.328 e. The van der Waals surface area contributed by atoms with Gasteiger partial charge in [0, 0.05) is 18.9 Å². The van der Waals surface area contributed by atoms with Crippen LogP contribution in [0.1, 0.15) is 102 Å². The van der Waals surface area contributed by atoms with E-state index in [-0.39, 0.29) is 24.4 Å². The molecule has 0 N–H and O–H groups in total. The lowest BCUT2D eigenvalue weighted by molar-refractivity contribution is -0.164. The molecule has 3 heterocycles. The number of hydrogen-bond acceptors (Lipinski definition) is 6. The minimum absolute atomic E-state index is 0.0296. The molecule has 3 aliphatic rings. The van der Waals surface area contributed by atoms with Gasteiger partial charge < -0.3 is 14.4 Å². The quantitative estimate of drug-likeness (QED) is 0.256. The Morgan fingerprint density at radius 2 is 1.63 bits per heavy atom. The molecule has 2 fully saturated rings. The maximum absolute atomic E-state index is 13.2. The van der Waals surface area contributed by atoms with Crippen molar-refractivity contribution in [3.05, 3.63) is 48.0 Å². The molecule has 2 saturated heterocycles. The number of nitrogens with zero attached hydrogens (tertiary/aromatic N) is 1. The van der Waals surface area contributed by atoms with Crippen molar-refractivity contribution < 1.29 is 28.7 Å². The number of piperidine rings is 1. The summed E-state index contributed by atoms with van der Waals surface area (Å²) < 4.78 is 11.7. The van der Waals surface area contributed by atoms with E-state index in [1.54, 1.807) is 0 Å². The Balaban J connectivity index is 1.38. The lowest BCUT2D eigenvalue weighted by atomic mass is 9.92. The number of Topliss-reactive ketones (excluding diaryl/α,β-unsaturated/α-hetero) is 2. The second-order valence-electron chi connectivity index (χ2n) is 11.8. The third-order valence-electron chi connectivity index (χ3n) is 8.70. The molecule has 3 aliphatic heterocycles. The van der Waals surface area contributed by atoms with Crippen LogP contribution in [0.4, 0.5) is 0 Å². The number of cyclic esters (lactones) is 1. The zero-order valence-electron chi connectivity index (χ0n) is 24.5. The van der Waals surface area contributed by atoms with Crippen LogP contribution in [0.25, 0.3) is 0 Å². The zero-order chi connectivity index (χ0) is 28.9. The zero-order valence-corrected chi connectivity index (χ0v) is 24.5. The smallest absolute Gasteiger partial charge is 0.328 e. The highest BCUT2D eigenvalue weighted by atomic mass is 16.5. The van der Waals surface area contributed by atoms with Crippen molar-refractivity contribution in [2.75, 3.05) is 13.2 Å². The number of benzene rings is 1. The number of carbonyl (C=O) groups excluding carboxylic acids is 4. The summed E-state index contributed by atoms with van der Waals surface area (Å²) in [6, 6.07) is 9.66. The Labute approximate surface area is 245 Å². The Kier molecular flexibility index (Phi) is 12.6. The van der Waals surface area contributed by atoms with E-state index >= 15 is 0 Å². The van der Waals surface area contributed by atoms with Crippen LogP contribution >= 0.6 is 0 Å². The summed E-state index contributed by atoms with van der Waals surface area (Å²) in [4.78, 5) is 53.9. The molecular weight excluding hydrogens is 518 g/mol. The molecule has 1 aromatic rings. The van der Waals surface area contributed by atoms with Gasteiger partial charge >= 0.3 is 5.97 Å². The molecule has 7 nitrogen and oxygen atoms in total. The highest BCUT2D eigenvalue weighted by molar-refractivity contribution is 6.38. The predicted octanol–water partition coefficient (Wildman–Crippen LogP) is 5.93. The number of aryl methyl sites for hydroxylation is 1. The van der Waals surface area contributed by atoms with Crippen LogP contribution in [0.5, 0.6) is 0 Å². The van der Waals surface area contributed by atoms with Crippen LogP contribution in [-0.4, -0.2) is 59.7 Å². The molecule has 1 amide bonds. The van der Waals surface area contributed by atoms with Crippen molar-refractivity contribution in [3.8, 4) is 0 Å². The molecule has 4 unspecified atom stereocenters. The van der Waals surface area contributed by atoms with E-state index in [0.29, 0.717) is 38.6 Å². The largest absolute Gasteiger partial charge is 0.464 e. The van der Waals surface area contributed by atoms with E-state index in [9.17, 15) is 19.2 Å². The first kappa shape index (κ1) is 31.1. The van der Waals surface area contributed by atoms with Gasteiger partial charge in [-0.3, -0.25) is 14.4 Å². The van der Waals surface area contributed by atoms with Gasteiger partial charge in [-0.25, -0.2) is 4.79 Å². The number of hydrogen-bond donors (Lipinski definition) is 0. The fourth-order valence-electron chi connectivity index (χ4n) is 6.29. The average molecular weight is 566 g/mol. The molecule has 224 valence electrons. The number of rotatable bonds is 4.